The molecule has 2 amide bonds. The first-order chi connectivity index (χ1) is 13.5. The molecule has 1 aliphatic heterocycles. The van der Waals surface area contributed by atoms with Crippen LogP contribution in [0.25, 0.3) is 11.3 Å². The highest BCUT2D eigenvalue weighted by Crippen LogP contribution is 2.19. The van der Waals surface area contributed by atoms with Gasteiger partial charge in [-0.05, 0) is 36.1 Å². The molecule has 1 aromatic carbocycles. The average molecular weight is 382 g/mol. The normalized spacial score (nSPS) is 14.7. The van der Waals surface area contributed by atoms with Gasteiger partial charge in [-0.25, -0.2) is 4.79 Å². The van der Waals surface area contributed by atoms with E-state index in [4.69, 9.17) is 5.11 Å². The third kappa shape index (κ3) is 5.53. The first-order valence-corrected chi connectivity index (χ1v) is 9.51. The van der Waals surface area contributed by atoms with Crippen molar-refractivity contribution in [1.29, 1.82) is 0 Å². The number of aromatic nitrogens is 1. The molecular weight excluding hydrogens is 356 g/mol. The van der Waals surface area contributed by atoms with Crippen LogP contribution in [0.3, 0.4) is 0 Å². The number of amides is 2. The summed E-state index contributed by atoms with van der Waals surface area (Å²) < 4.78 is 0. The summed E-state index contributed by atoms with van der Waals surface area (Å²) in [5.41, 5.74) is 4.04. The molecule has 0 radical (unpaired) electrons. The lowest BCUT2D eigenvalue weighted by Crippen LogP contribution is -2.44. The first-order valence-electron chi connectivity index (χ1n) is 9.51. The summed E-state index contributed by atoms with van der Waals surface area (Å²) in [5, 5.41) is 15.3. The van der Waals surface area contributed by atoms with E-state index in [-0.39, 0.29) is 5.91 Å². The molecule has 1 saturated heterocycles. The van der Waals surface area contributed by atoms with Gasteiger partial charge in [-0.3, -0.25) is 9.78 Å². The number of hydrogen-bond acceptors (Lipinski definition) is 4. The predicted molar refractivity (Wildman–Crippen MR) is 107 cm³/mol. The van der Waals surface area contributed by atoms with E-state index in [1.54, 1.807) is 0 Å². The summed E-state index contributed by atoms with van der Waals surface area (Å²) in [6.45, 7) is 3.89. The molecule has 0 unspecified atom stereocenters. The molecule has 1 aliphatic rings. The maximum Gasteiger partial charge on any atom is 0.407 e. The summed E-state index contributed by atoms with van der Waals surface area (Å²) in [6.07, 6.45) is 2.70. The van der Waals surface area contributed by atoms with E-state index in [1.165, 1.54) is 11.8 Å². The number of carbonyl (C=O) groups excluding carboxylic acids is 1. The Balaban J connectivity index is 1.53. The Morgan fingerprint density at radius 2 is 1.93 bits per heavy atom. The number of pyridine rings is 1. The van der Waals surface area contributed by atoms with Crippen molar-refractivity contribution in [2.45, 2.75) is 38.9 Å². The minimum absolute atomic E-state index is 0.0472. The number of nitrogens with zero attached hydrogens (tertiary/aromatic N) is 2. The van der Waals surface area contributed by atoms with Crippen LogP contribution in [0.1, 0.15) is 30.9 Å². The second-order valence-corrected chi connectivity index (χ2v) is 7.09. The van der Waals surface area contributed by atoms with Crippen molar-refractivity contribution >= 4 is 12.0 Å². The third-order valence-corrected chi connectivity index (χ3v) is 4.95. The Hall–Kier alpha value is -2.93. The van der Waals surface area contributed by atoms with Crippen LogP contribution in [-0.4, -0.2) is 46.1 Å². The SMILES string of the molecule is CC(=O)NCc1cccc(-c2ccc(CNC3CCN(C(=O)O)CC3)cn2)c1. The minimum Gasteiger partial charge on any atom is -0.465 e. The minimum atomic E-state index is -0.834. The highest BCUT2D eigenvalue weighted by Gasteiger charge is 2.21. The van der Waals surface area contributed by atoms with E-state index in [0.29, 0.717) is 32.2 Å². The second kappa shape index (κ2) is 9.32. The van der Waals surface area contributed by atoms with Gasteiger partial charge in [0.1, 0.15) is 0 Å². The van der Waals surface area contributed by atoms with Crippen LogP contribution >= 0.6 is 0 Å². The van der Waals surface area contributed by atoms with E-state index < -0.39 is 6.09 Å². The quantitative estimate of drug-likeness (QED) is 0.714. The lowest BCUT2D eigenvalue weighted by Gasteiger charge is -2.30. The van der Waals surface area contributed by atoms with Crippen LogP contribution in [0.4, 0.5) is 4.79 Å². The highest BCUT2D eigenvalue weighted by atomic mass is 16.4. The van der Waals surface area contributed by atoms with Gasteiger partial charge in [-0.15, -0.1) is 0 Å². The molecular formula is C21H26N4O3. The maximum absolute atomic E-state index is 11.1. The van der Waals surface area contributed by atoms with Gasteiger partial charge >= 0.3 is 6.09 Å². The van der Waals surface area contributed by atoms with E-state index in [9.17, 15) is 9.59 Å². The van der Waals surface area contributed by atoms with Crippen LogP contribution in [0.15, 0.2) is 42.6 Å². The Kier molecular flexibility index (Phi) is 6.60. The van der Waals surface area contributed by atoms with Crippen molar-refractivity contribution in [3.63, 3.8) is 0 Å². The Bertz CT molecular complexity index is 815. The van der Waals surface area contributed by atoms with Crippen LogP contribution in [0.2, 0.25) is 0 Å². The van der Waals surface area contributed by atoms with E-state index >= 15 is 0 Å². The molecule has 0 aliphatic carbocycles. The van der Waals surface area contributed by atoms with Crippen molar-refractivity contribution in [2.24, 2.45) is 0 Å². The molecule has 7 heteroatoms. The smallest absolute Gasteiger partial charge is 0.407 e. The standard InChI is InChI=1S/C21H26N4O3/c1-15(26)22-12-16-3-2-4-18(11-16)20-6-5-17(14-24-20)13-23-19-7-9-25(10-8-19)21(27)28/h2-6,11,14,19,23H,7-10,12-13H2,1H3,(H,22,26)(H,27,28). The summed E-state index contributed by atoms with van der Waals surface area (Å²) in [7, 11) is 0. The number of piperidine rings is 1. The van der Waals surface area contributed by atoms with Crippen LogP contribution in [0, 0.1) is 0 Å². The molecule has 0 atom stereocenters. The van der Waals surface area contributed by atoms with Crippen LogP contribution in [0.5, 0.6) is 0 Å². The van der Waals surface area contributed by atoms with Crippen molar-refractivity contribution in [1.82, 2.24) is 20.5 Å². The number of likely N-dealkylation sites (tertiary alicyclic amines) is 1. The molecule has 7 nitrogen and oxygen atoms in total. The number of benzene rings is 1. The summed E-state index contributed by atoms with van der Waals surface area (Å²) in [6, 6.07) is 12.4. The van der Waals surface area contributed by atoms with Gasteiger partial charge in [0.2, 0.25) is 5.91 Å². The second-order valence-electron chi connectivity index (χ2n) is 7.09. The molecule has 0 bridgehead atoms. The number of rotatable bonds is 6. The molecule has 2 aromatic rings. The third-order valence-electron chi connectivity index (χ3n) is 4.95. The Morgan fingerprint density at radius 1 is 1.14 bits per heavy atom. The number of nitrogens with one attached hydrogen (secondary N) is 2. The van der Waals surface area contributed by atoms with Crippen molar-refractivity contribution < 1.29 is 14.7 Å². The molecule has 3 rings (SSSR count). The van der Waals surface area contributed by atoms with E-state index in [1.807, 2.05) is 36.5 Å². The fraction of sp³-hybridized carbons (Fsp3) is 0.381. The van der Waals surface area contributed by atoms with Gasteiger partial charge in [0, 0.05) is 50.9 Å². The lowest BCUT2D eigenvalue weighted by atomic mass is 10.0. The molecule has 3 N–H and O–H groups in total. The zero-order chi connectivity index (χ0) is 19.9. The topological polar surface area (TPSA) is 94.6 Å². The van der Waals surface area contributed by atoms with E-state index in [0.717, 1.165) is 35.2 Å². The molecule has 1 fully saturated rings. The molecule has 0 spiro atoms. The van der Waals surface area contributed by atoms with Crippen molar-refractivity contribution in [3.05, 3.63) is 53.7 Å². The van der Waals surface area contributed by atoms with Crippen molar-refractivity contribution in [2.75, 3.05) is 13.1 Å². The van der Waals surface area contributed by atoms with Gasteiger partial charge in [0.15, 0.2) is 0 Å². The van der Waals surface area contributed by atoms with Gasteiger partial charge in [-0.2, -0.15) is 0 Å². The fourth-order valence-corrected chi connectivity index (χ4v) is 3.30. The largest absolute Gasteiger partial charge is 0.465 e. The van der Waals surface area contributed by atoms with Crippen molar-refractivity contribution in [3.8, 4) is 11.3 Å². The number of hydrogen-bond donors (Lipinski definition) is 3. The number of carboxylic acid groups (broad SMARTS) is 1. The zero-order valence-corrected chi connectivity index (χ0v) is 16.0. The Morgan fingerprint density at radius 3 is 2.57 bits per heavy atom. The van der Waals surface area contributed by atoms with Crippen LogP contribution < -0.4 is 10.6 Å². The molecule has 28 heavy (non-hydrogen) atoms. The summed E-state index contributed by atoms with van der Waals surface area (Å²) in [5.74, 6) is -0.0472. The predicted octanol–water partition coefficient (Wildman–Crippen LogP) is 2.62. The van der Waals surface area contributed by atoms with Gasteiger partial charge in [-0.1, -0.05) is 24.3 Å². The number of carbonyl (C=O) groups is 2. The monoisotopic (exact) mass is 382 g/mol. The summed E-state index contributed by atoms with van der Waals surface area (Å²) in [4.78, 5) is 28.1. The zero-order valence-electron chi connectivity index (χ0n) is 16.0. The first kappa shape index (κ1) is 19.8. The van der Waals surface area contributed by atoms with Gasteiger partial charge in [0.25, 0.3) is 0 Å². The maximum atomic E-state index is 11.1. The fourth-order valence-electron chi connectivity index (χ4n) is 3.30. The molecule has 1 aromatic heterocycles. The molecule has 148 valence electrons. The van der Waals surface area contributed by atoms with Crippen LogP contribution in [-0.2, 0) is 17.9 Å². The van der Waals surface area contributed by atoms with Gasteiger partial charge in [0.05, 0.1) is 5.69 Å². The Labute approximate surface area is 164 Å². The van der Waals surface area contributed by atoms with E-state index in [2.05, 4.69) is 21.7 Å². The highest BCUT2D eigenvalue weighted by molar-refractivity contribution is 5.73. The molecule has 2 heterocycles. The average Bonchev–Trinajstić information content (AvgIpc) is 2.71. The van der Waals surface area contributed by atoms with Gasteiger partial charge < -0.3 is 20.6 Å². The molecule has 0 saturated carbocycles. The summed E-state index contributed by atoms with van der Waals surface area (Å²) >= 11 is 0. The lowest BCUT2D eigenvalue weighted by molar-refractivity contribution is -0.119.